The number of rotatable bonds is 1. The van der Waals surface area contributed by atoms with Crippen molar-refractivity contribution in [2.75, 3.05) is 26.3 Å². The smallest absolute Gasteiger partial charge is 0.148 e. The second kappa shape index (κ2) is 2.84. The number of hydrogen-bond donors (Lipinski definition) is 2. The molecule has 2 N–H and O–H groups in total. The van der Waals surface area contributed by atoms with Gasteiger partial charge in [-0.2, -0.15) is 0 Å². The Morgan fingerprint density at radius 1 is 0.900 bits per heavy atom. The third-order valence-electron chi connectivity index (χ3n) is 1.76. The van der Waals surface area contributed by atoms with Crippen LogP contribution in [0.5, 0.6) is 0 Å². The van der Waals surface area contributed by atoms with Crippen molar-refractivity contribution in [3.63, 3.8) is 0 Å². The van der Waals surface area contributed by atoms with E-state index in [-0.39, 0.29) is 12.5 Å². The monoisotopic (exact) mass is 144 g/mol. The second-order valence-electron chi connectivity index (χ2n) is 2.49. The maximum absolute atomic E-state index is 5.34. The van der Waals surface area contributed by atoms with Gasteiger partial charge in [-0.05, 0) is 0 Å². The van der Waals surface area contributed by atoms with E-state index in [1.165, 1.54) is 0 Å². The molecule has 2 heterocycles. The minimum atomic E-state index is 0.0718. The minimum Gasteiger partial charge on any atom is -0.358 e. The predicted octanol–water partition coefficient (Wildman–Crippen LogP) is -1.12. The van der Waals surface area contributed by atoms with E-state index in [1.807, 2.05) is 0 Å². The molecular formula is C6H12N2O2. The molecule has 0 bridgehead atoms. The Kier molecular flexibility index (Phi) is 1.86. The van der Waals surface area contributed by atoms with Crippen molar-refractivity contribution >= 4 is 0 Å². The lowest BCUT2D eigenvalue weighted by molar-refractivity contribution is -0.0344. The van der Waals surface area contributed by atoms with Gasteiger partial charge in [-0.1, -0.05) is 0 Å². The van der Waals surface area contributed by atoms with E-state index in [0.29, 0.717) is 0 Å². The average Bonchev–Trinajstić information content (AvgIpc) is 2.59. The van der Waals surface area contributed by atoms with Crippen molar-refractivity contribution in [2.45, 2.75) is 12.5 Å². The molecule has 0 aromatic heterocycles. The summed E-state index contributed by atoms with van der Waals surface area (Å²) in [6.07, 6.45) is 0.144. The fourth-order valence-corrected chi connectivity index (χ4v) is 1.28. The highest BCUT2D eigenvalue weighted by Gasteiger charge is 2.28. The van der Waals surface area contributed by atoms with Crippen LogP contribution in [0.2, 0.25) is 0 Å². The molecule has 0 saturated carbocycles. The summed E-state index contributed by atoms with van der Waals surface area (Å²) in [6, 6.07) is 0. The van der Waals surface area contributed by atoms with Crippen LogP contribution in [0.4, 0.5) is 0 Å². The van der Waals surface area contributed by atoms with E-state index >= 15 is 0 Å². The zero-order chi connectivity index (χ0) is 6.81. The van der Waals surface area contributed by atoms with Gasteiger partial charge in [-0.25, -0.2) is 0 Å². The standard InChI is InChI=1S/C6H12N2O2/c1-3-9-5(7-1)6-8-2-4-10-6/h5-8H,1-4H2. The molecule has 4 heteroatoms. The normalized spacial score (nSPS) is 40.8. The summed E-state index contributed by atoms with van der Waals surface area (Å²) < 4.78 is 10.7. The molecule has 2 rings (SSSR count). The van der Waals surface area contributed by atoms with Gasteiger partial charge in [0, 0.05) is 13.1 Å². The highest BCUT2D eigenvalue weighted by molar-refractivity contribution is 4.74. The topological polar surface area (TPSA) is 42.5 Å². The summed E-state index contributed by atoms with van der Waals surface area (Å²) >= 11 is 0. The maximum Gasteiger partial charge on any atom is 0.148 e. The van der Waals surface area contributed by atoms with Crippen molar-refractivity contribution in [3.8, 4) is 0 Å². The molecule has 2 atom stereocenters. The predicted molar refractivity (Wildman–Crippen MR) is 35.5 cm³/mol. The lowest BCUT2D eigenvalue weighted by Gasteiger charge is -2.16. The first-order valence-electron chi connectivity index (χ1n) is 3.67. The summed E-state index contributed by atoms with van der Waals surface area (Å²) in [5.74, 6) is 0. The molecule has 2 unspecified atom stereocenters. The van der Waals surface area contributed by atoms with Crippen LogP contribution in [-0.4, -0.2) is 38.8 Å². The third kappa shape index (κ3) is 1.15. The quantitative estimate of drug-likeness (QED) is 0.489. The Bertz CT molecular complexity index is 94.3. The number of nitrogens with one attached hydrogen (secondary N) is 2. The molecule has 10 heavy (non-hydrogen) atoms. The van der Waals surface area contributed by atoms with E-state index in [2.05, 4.69) is 10.6 Å². The molecule has 58 valence electrons. The summed E-state index contributed by atoms with van der Waals surface area (Å²) in [6.45, 7) is 3.47. The first kappa shape index (κ1) is 6.54. The molecule has 0 aliphatic carbocycles. The van der Waals surface area contributed by atoms with Crippen molar-refractivity contribution in [3.05, 3.63) is 0 Å². The van der Waals surface area contributed by atoms with Crippen molar-refractivity contribution in [2.24, 2.45) is 0 Å². The molecule has 2 saturated heterocycles. The molecular weight excluding hydrogens is 132 g/mol. The van der Waals surface area contributed by atoms with Gasteiger partial charge in [-0.3, -0.25) is 10.6 Å². The Labute approximate surface area is 59.9 Å². The van der Waals surface area contributed by atoms with Crippen LogP contribution >= 0.6 is 0 Å². The van der Waals surface area contributed by atoms with E-state index in [4.69, 9.17) is 9.47 Å². The van der Waals surface area contributed by atoms with Crippen molar-refractivity contribution < 1.29 is 9.47 Å². The van der Waals surface area contributed by atoms with Gasteiger partial charge < -0.3 is 9.47 Å². The Morgan fingerprint density at radius 3 is 1.70 bits per heavy atom. The van der Waals surface area contributed by atoms with Gasteiger partial charge in [0.1, 0.15) is 12.5 Å². The number of hydrogen-bond acceptors (Lipinski definition) is 4. The Balaban J connectivity index is 1.85. The van der Waals surface area contributed by atoms with Crippen molar-refractivity contribution in [1.82, 2.24) is 10.6 Å². The van der Waals surface area contributed by atoms with Crippen LogP contribution < -0.4 is 10.6 Å². The lowest BCUT2D eigenvalue weighted by atomic mass is 10.5. The SMILES string of the molecule is C1COC(C2NCCO2)N1. The van der Waals surface area contributed by atoms with Gasteiger partial charge in [0.05, 0.1) is 13.2 Å². The van der Waals surface area contributed by atoms with Crippen LogP contribution in [-0.2, 0) is 9.47 Å². The molecule has 2 fully saturated rings. The largest absolute Gasteiger partial charge is 0.358 e. The lowest BCUT2D eigenvalue weighted by Crippen LogP contribution is -2.42. The summed E-state index contributed by atoms with van der Waals surface area (Å²) in [5, 5.41) is 6.38. The fraction of sp³-hybridized carbons (Fsp3) is 1.00. The molecule has 0 aromatic carbocycles. The molecule has 0 amide bonds. The molecule has 0 spiro atoms. The van der Waals surface area contributed by atoms with Crippen LogP contribution in [0, 0.1) is 0 Å². The maximum atomic E-state index is 5.34. The van der Waals surface area contributed by atoms with Crippen molar-refractivity contribution in [1.29, 1.82) is 0 Å². The van der Waals surface area contributed by atoms with Gasteiger partial charge >= 0.3 is 0 Å². The average molecular weight is 144 g/mol. The van der Waals surface area contributed by atoms with Gasteiger partial charge in [0.25, 0.3) is 0 Å². The minimum absolute atomic E-state index is 0.0718. The molecule has 4 nitrogen and oxygen atoms in total. The van der Waals surface area contributed by atoms with E-state index in [1.54, 1.807) is 0 Å². The molecule has 2 aliphatic rings. The van der Waals surface area contributed by atoms with Crippen LogP contribution in [0.15, 0.2) is 0 Å². The van der Waals surface area contributed by atoms with E-state index in [0.717, 1.165) is 26.3 Å². The van der Waals surface area contributed by atoms with Crippen LogP contribution in [0.3, 0.4) is 0 Å². The second-order valence-corrected chi connectivity index (χ2v) is 2.49. The fourth-order valence-electron chi connectivity index (χ4n) is 1.28. The zero-order valence-corrected chi connectivity index (χ0v) is 5.80. The Hall–Kier alpha value is -0.160. The number of ether oxygens (including phenoxy) is 2. The summed E-state index contributed by atoms with van der Waals surface area (Å²) in [7, 11) is 0. The molecule has 2 aliphatic heterocycles. The van der Waals surface area contributed by atoms with Crippen LogP contribution in [0.25, 0.3) is 0 Å². The summed E-state index contributed by atoms with van der Waals surface area (Å²) in [4.78, 5) is 0. The Morgan fingerprint density at radius 2 is 1.40 bits per heavy atom. The first-order chi connectivity index (χ1) is 4.97. The highest BCUT2D eigenvalue weighted by Crippen LogP contribution is 2.06. The first-order valence-corrected chi connectivity index (χ1v) is 3.67. The molecule has 0 radical (unpaired) electrons. The van der Waals surface area contributed by atoms with E-state index in [9.17, 15) is 0 Å². The summed E-state index contributed by atoms with van der Waals surface area (Å²) in [5.41, 5.74) is 0. The highest BCUT2D eigenvalue weighted by atomic mass is 16.6. The van der Waals surface area contributed by atoms with E-state index < -0.39 is 0 Å². The van der Waals surface area contributed by atoms with Gasteiger partial charge in [-0.15, -0.1) is 0 Å². The zero-order valence-electron chi connectivity index (χ0n) is 5.80. The van der Waals surface area contributed by atoms with Crippen LogP contribution in [0.1, 0.15) is 0 Å². The molecule has 0 aromatic rings. The van der Waals surface area contributed by atoms with Gasteiger partial charge in [0.15, 0.2) is 0 Å². The third-order valence-corrected chi connectivity index (χ3v) is 1.76. The van der Waals surface area contributed by atoms with Gasteiger partial charge in [0.2, 0.25) is 0 Å².